The van der Waals surface area contributed by atoms with Crippen LogP contribution in [0.15, 0.2) is 36.5 Å². The van der Waals surface area contributed by atoms with E-state index in [4.69, 9.17) is 4.74 Å². The molecule has 0 amide bonds. The molecule has 2 aromatic heterocycles. The number of ether oxygens (including phenoxy) is 1. The zero-order valence-electron chi connectivity index (χ0n) is 12.8. The third-order valence-corrected chi connectivity index (χ3v) is 3.70. The van der Waals surface area contributed by atoms with Crippen molar-refractivity contribution in [3.05, 3.63) is 47.8 Å². The molecule has 0 aliphatic rings. The fraction of sp³-hybridized carbons (Fsp3) is 0.176. The second kappa shape index (κ2) is 7.59. The van der Waals surface area contributed by atoms with E-state index < -0.39 is 0 Å². The molecule has 0 unspecified atom stereocenters. The van der Waals surface area contributed by atoms with Gasteiger partial charge in [0, 0.05) is 24.2 Å². The Morgan fingerprint density at radius 1 is 1.26 bits per heavy atom. The summed E-state index contributed by atoms with van der Waals surface area (Å²) in [5, 5.41) is 5.55. The molecule has 0 saturated heterocycles. The minimum absolute atomic E-state index is 0. The first kappa shape index (κ1) is 18.2. The molecular formula is C17H18KN3O2. The number of benzene rings is 1. The number of aldehydes is 1. The Morgan fingerprint density at radius 3 is 2.74 bits per heavy atom. The van der Waals surface area contributed by atoms with Gasteiger partial charge in [-0.05, 0) is 43.3 Å². The molecule has 0 saturated carbocycles. The first-order valence-corrected chi connectivity index (χ1v) is 6.96. The second-order valence-electron chi connectivity index (χ2n) is 5.05. The van der Waals surface area contributed by atoms with Crippen LogP contribution in [-0.4, -0.2) is 79.1 Å². The number of methoxy groups -OCH3 is 1. The van der Waals surface area contributed by atoms with Crippen molar-refractivity contribution >= 4 is 74.6 Å². The van der Waals surface area contributed by atoms with Crippen molar-refractivity contribution in [3.63, 3.8) is 0 Å². The first-order valence-electron chi connectivity index (χ1n) is 6.96. The second-order valence-corrected chi connectivity index (χ2v) is 5.05. The van der Waals surface area contributed by atoms with Gasteiger partial charge in [-0.1, -0.05) is 0 Å². The molecular weight excluding hydrogens is 317 g/mol. The van der Waals surface area contributed by atoms with Gasteiger partial charge in [-0.3, -0.25) is 9.48 Å². The molecule has 23 heavy (non-hydrogen) atoms. The average molecular weight is 335 g/mol. The number of rotatable bonds is 4. The minimum atomic E-state index is 0. The summed E-state index contributed by atoms with van der Waals surface area (Å²) in [5.74, 6) is 1.75. The molecule has 5 nitrogen and oxygen atoms in total. The molecule has 0 bridgehead atoms. The van der Waals surface area contributed by atoms with Crippen LogP contribution in [-0.2, 0) is 11.8 Å². The number of carbonyl (C=O) groups excluding carboxylic acids is 1. The maximum atomic E-state index is 10.6. The fourth-order valence-corrected chi connectivity index (χ4v) is 2.71. The van der Waals surface area contributed by atoms with Crippen molar-refractivity contribution in [3.8, 4) is 11.6 Å². The number of nitrogens with zero attached hydrogens (tertiary/aromatic N) is 3. The zero-order chi connectivity index (χ0) is 15.7. The van der Waals surface area contributed by atoms with Crippen molar-refractivity contribution < 1.29 is 9.53 Å². The van der Waals surface area contributed by atoms with Crippen molar-refractivity contribution in [2.45, 2.75) is 6.92 Å². The topological polar surface area (TPSA) is 49.1 Å². The third kappa shape index (κ3) is 3.36. The van der Waals surface area contributed by atoms with Crippen LogP contribution in [0, 0.1) is 6.92 Å². The Morgan fingerprint density at radius 2 is 2.04 bits per heavy atom. The molecule has 0 aliphatic carbocycles. The van der Waals surface area contributed by atoms with Gasteiger partial charge in [-0.2, -0.15) is 5.10 Å². The van der Waals surface area contributed by atoms with Crippen molar-refractivity contribution in [1.29, 1.82) is 0 Å². The summed E-state index contributed by atoms with van der Waals surface area (Å²) in [4.78, 5) is 10.6. The molecule has 114 valence electrons. The summed E-state index contributed by atoms with van der Waals surface area (Å²) in [6, 6.07) is 7.98. The number of allylic oxidation sites excluding steroid dienone is 1. The van der Waals surface area contributed by atoms with E-state index in [0.717, 1.165) is 40.0 Å². The van der Waals surface area contributed by atoms with Gasteiger partial charge in [0.15, 0.2) is 0 Å². The van der Waals surface area contributed by atoms with Crippen LogP contribution in [0.1, 0.15) is 11.3 Å². The van der Waals surface area contributed by atoms with Crippen LogP contribution in [0.3, 0.4) is 0 Å². The van der Waals surface area contributed by atoms with Gasteiger partial charge in [0.1, 0.15) is 17.9 Å². The summed E-state index contributed by atoms with van der Waals surface area (Å²) in [5.41, 5.74) is 2.87. The van der Waals surface area contributed by atoms with Crippen molar-refractivity contribution in [1.82, 2.24) is 14.3 Å². The quantitative estimate of drug-likeness (QED) is 0.417. The van der Waals surface area contributed by atoms with E-state index in [1.165, 1.54) is 6.08 Å². The van der Waals surface area contributed by atoms with E-state index in [-0.39, 0.29) is 51.4 Å². The normalized spacial score (nSPS) is 10.9. The summed E-state index contributed by atoms with van der Waals surface area (Å²) in [7, 11) is 3.56. The first-order chi connectivity index (χ1) is 10.7. The monoisotopic (exact) mass is 335 g/mol. The van der Waals surface area contributed by atoms with Gasteiger partial charge in [-0.25, -0.2) is 0 Å². The van der Waals surface area contributed by atoms with Crippen LogP contribution in [0.5, 0.6) is 5.75 Å². The van der Waals surface area contributed by atoms with E-state index in [1.807, 2.05) is 49.1 Å². The van der Waals surface area contributed by atoms with Crippen LogP contribution >= 0.6 is 0 Å². The van der Waals surface area contributed by atoms with E-state index in [0.29, 0.717) is 0 Å². The predicted molar refractivity (Wildman–Crippen MR) is 93.6 cm³/mol. The zero-order valence-corrected chi connectivity index (χ0v) is 12.8. The summed E-state index contributed by atoms with van der Waals surface area (Å²) < 4.78 is 9.16. The Labute approximate surface area is 177 Å². The Bertz CT molecular complexity index is 877. The Balaban J connectivity index is 0.00000192. The Kier molecular flexibility index (Phi) is 5.99. The summed E-state index contributed by atoms with van der Waals surface area (Å²) in [6.45, 7) is 1.93. The standard InChI is InChI=1S/C17H17N3O2.K.H/c1-12-15(5-4-10-21)17(19(2)18-12)20-9-8-13-11-14(22-3)6-7-16(13)20;;/h4-11H,1-3H3;;/b5-4+;;. The van der Waals surface area contributed by atoms with Crippen LogP contribution < -0.4 is 4.74 Å². The number of aromatic nitrogens is 3. The predicted octanol–water partition coefficient (Wildman–Crippen LogP) is 2.24. The molecule has 0 radical (unpaired) electrons. The molecule has 6 heteroatoms. The van der Waals surface area contributed by atoms with E-state index in [1.54, 1.807) is 13.2 Å². The number of hydrogen-bond donors (Lipinski definition) is 0. The summed E-state index contributed by atoms with van der Waals surface area (Å²) >= 11 is 0. The van der Waals surface area contributed by atoms with Gasteiger partial charge < -0.3 is 9.30 Å². The number of aryl methyl sites for hydroxylation is 2. The molecule has 0 spiro atoms. The average Bonchev–Trinajstić information content (AvgIpc) is 3.04. The maximum absolute atomic E-state index is 10.6. The number of hydrogen-bond acceptors (Lipinski definition) is 3. The fourth-order valence-electron chi connectivity index (χ4n) is 2.71. The molecule has 2 heterocycles. The third-order valence-electron chi connectivity index (χ3n) is 3.70. The summed E-state index contributed by atoms with van der Waals surface area (Å²) in [6.07, 6.45) is 6.05. The molecule has 3 rings (SSSR count). The molecule has 0 atom stereocenters. The molecule has 1 aromatic carbocycles. The van der Waals surface area contributed by atoms with Gasteiger partial charge in [-0.15, -0.1) is 0 Å². The van der Waals surface area contributed by atoms with E-state index in [2.05, 4.69) is 9.67 Å². The van der Waals surface area contributed by atoms with Crippen molar-refractivity contribution in [2.75, 3.05) is 7.11 Å². The van der Waals surface area contributed by atoms with E-state index in [9.17, 15) is 4.79 Å². The number of carbonyl (C=O) groups is 1. The van der Waals surface area contributed by atoms with Crippen LogP contribution in [0.25, 0.3) is 22.8 Å². The Hall–Kier alpha value is -1.18. The molecule has 0 fully saturated rings. The van der Waals surface area contributed by atoms with Gasteiger partial charge >= 0.3 is 51.4 Å². The number of fused-ring (bicyclic) bond motifs is 1. The molecule has 0 N–H and O–H groups in total. The SMILES string of the molecule is COc1ccc2c(ccn2-c2c(/C=C/C=O)c(C)nn2C)c1.[KH]. The molecule has 3 aromatic rings. The van der Waals surface area contributed by atoms with Crippen LogP contribution in [0.2, 0.25) is 0 Å². The molecule has 0 aliphatic heterocycles. The van der Waals surface area contributed by atoms with Crippen molar-refractivity contribution in [2.24, 2.45) is 7.05 Å². The van der Waals surface area contributed by atoms with Gasteiger partial charge in [0.05, 0.1) is 18.3 Å². The van der Waals surface area contributed by atoms with Crippen LogP contribution in [0.4, 0.5) is 0 Å². The van der Waals surface area contributed by atoms with Gasteiger partial charge in [0.2, 0.25) is 0 Å². The van der Waals surface area contributed by atoms with Gasteiger partial charge in [0.25, 0.3) is 0 Å². The van der Waals surface area contributed by atoms with E-state index >= 15 is 0 Å².